The molecule has 0 saturated heterocycles. The summed E-state index contributed by atoms with van der Waals surface area (Å²) in [6.45, 7) is 4.07. The molecule has 0 saturated carbocycles. The van der Waals surface area contributed by atoms with Crippen molar-refractivity contribution in [3.05, 3.63) is 70.8 Å². The molecule has 1 aliphatic carbocycles. The van der Waals surface area contributed by atoms with Crippen LogP contribution in [0.15, 0.2) is 53.6 Å². The highest BCUT2D eigenvalue weighted by atomic mass is 15.4. The van der Waals surface area contributed by atoms with E-state index in [0.717, 1.165) is 40.5 Å². The largest absolute Gasteiger partial charge is 0.338 e. The summed E-state index contributed by atoms with van der Waals surface area (Å²) in [6, 6.07) is 17.1. The summed E-state index contributed by atoms with van der Waals surface area (Å²) in [4.78, 5) is 7.87. The monoisotopic (exact) mass is 392 g/mol. The Hall–Kier alpha value is -3.80. The maximum absolute atomic E-state index is 4.56. The van der Waals surface area contributed by atoms with Crippen molar-refractivity contribution < 1.29 is 0 Å². The minimum absolute atomic E-state index is 0.371. The first kappa shape index (κ1) is 17.1. The Balaban J connectivity index is 1.37. The van der Waals surface area contributed by atoms with Crippen molar-refractivity contribution in [2.75, 3.05) is 5.43 Å². The van der Waals surface area contributed by atoms with Crippen molar-refractivity contribution in [2.45, 2.75) is 26.7 Å². The predicted octanol–water partition coefficient (Wildman–Crippen LogP) is 4.90. The first-order chi connectivity index (χ1) is 14.7. The fraction of sp³-hybridized carbons (Fsp3) is 0.167. The maximum Gasteiger partial charge on any atom is 0.265 e. The van der Waals surface area contributed by atoms with E-state index in [1.807, 2.05) is 13.0 Å². The molecule has 0 aliphatic heterocycles. The van der Waals surface area contributed by atoms with Gasteiger partial charge in [0.05, 0.1) is 5.71 Å². The molecule has 3 aromatic carbocycles. The number of fused-ring (bicyclic) bond motifs is 3. The molecular weight excluding hydrogens is 372 g/mol. The highest BCUT2D eigenvalue weighted by Crippen LogP contribution is 2.33. The minimum Gasteiger partial charge on any atom is -0.338 e. The van der Waals surface area contributed by atoms with Gasteiger partial charge in [0, 0.05) is 16.5 Å². The van der Waals surface area contributed by atoms with E-state index in [9.17, 15) is 0 Å². The number of aromatic nitrogens is 4. The molecule has 0 radical (unpaired) electrons. The van der Waals surface area contributed by atoms with E-state index >= 15 is 0 Å². The van der Waals surface area contributed by atoms with Crippen LogP contribution in [0.4, 0.5) is 5.95 Å². The predicted molar refractivity (Wildman–Crippen MR) is 121 cm³/mol. The van der Waals surface area contributed by atoms with E-state index in [-0.39, 0.29) is 0 Å². The molecule has 0 atom stereocenters. The lowest BCUT2D eigenvalue weighted by Gasteiger charge is -2.09. The molecule has 2 N–H and O–H groups in total. The van der Waals surface area contributed by atoms with Crippen LogP contribution in [0.3, 0.4) is 0 Å². The molecule has 0 unspecified atom stereocenters. The van der Waals surface area contributed by atoms with Crippen LogP contribution in [0.2, 0.25) is 0 Å². The molecule has 5 aromatic rings. The van der Waals surface area contributed by atoms with Gasteiger partial charge in [-0.3, -0.25) is 0 Å². The highest BCUT2D eigenvalue weighted by molar-refractivity contribution is 6.11. The Bertz CT molecular complexity index is 1480. The summed E-state index contributed by atoms with van der Waals surface area (Å²) < 4.78 is 0. The lowest BCUT2D eigenvalue weighted by Crippen LogP contribution is -2.04. The molecule has 0 amide bonds. The zero-order valence-corrected chi connectivity index (χ0v) is 16.8. The third-order valence-electron chi connectivity index (χ3n) is 5.96. The molecule has 6 heteroatoms. The zero-order valence-electron chi connectivity index (χ0n) is 16.8. The maximum atomic E-state index is 4.56. The number of nitrogens with zero attached hydrogens (tertiary/aromatic N) is 4. The molecule has 146 valence electrons. The van der Waals surface area contributed by atoms with Crippen LogP contribution in [0.5, 0.6) is 0 Å². The average molecular weight is 392 g/mol. The molecule has 2 aromatic heterocycles. The van der Waals surface area contributed by atoms with Crippen molar-refractivity contribution in [3.8, 4) is 0 Å². The second kappa shape index (κ2) is 6.35. The molecule has 6 nitrogen and oxygen atoms in total. The molecule has 1 aliphatic rings. The van der Waals surface area contributed by atoms with Crippen LogP contribution < -0.4 is 5.43 Å². The Morgan fingerprint density at radius 2 is 1.87 bits per heavy atom. The van der Waals surface area contributed by atoms with Gasteiger partial charge < -0.3 is 4.98 Å². The van der Waals surface area contributed by atoms with E-state index in [0.29, 0.717) is 11.6 Å². The van der Waals surface area contributed by atoms with Crippen LogP contribution >= 0.6 is 0 Å². The van der Waals surface area contributed by atoms with Gasteiger partial charge in [0.25, 0.3) is 5.95 Å². The quantitative estimate of drug-likeness (QED) is 0.338. The molecular formula is C24H20N6. The second-order valence-electron chi connectivity index (χ2n) is 7.93. The highest BCUT2D eigenvalue weighted by Gasteiger charge is 2.16. The van der Waals surface area contributed by atoms with Gasteiger partial charge in [-0.2, -0.15) is 10.1 Å². The summed E-state index contributed by atoms with van der Waals surface area (Å²) in [7, 11) is 0. The summed E-state index contributed by atoms with van der Waals surface area (Å²) in [5.41, 5.74) is 11.5. The van der Waals surface area contributed by atoms with Gasteiger partial charge in [-0.1, -0.05) is 42.0 Å². The summed E-state index contributed by atoms with van der Waals surface area (Å²) in [5, 5.41) is 16.8. The van der Waals surface area contributed by atoms with Crippen LogP contribution in [0, 0.1) is 6.92 Å². The molecule has 2 heterocycles. The number of anilines is 1. The first-order valence-electron chi connectivity index (χ1n) is 10.1. The van der Waals surface area contributed by atoms with Crippen molar-refractivity contribution >= 4 is 44.5 Å². The molecule has 0 fully saturated rings. The molecule has 6 rings (SSSR count). The van der Waals surface area contributed by atoms with Gasteiger partial charge >= 0.3 is 0 Å². The Morgan fingerprint density at radius 1 is 1.00 bits per heavy atom. The van der Waals surface area contributed by atoms with E-state index < -0.39 is 0 Å². The number of aryl methyl sites for hydroxylation is 3. The normalized spacial score (nSPS) is 13.6. The van der Waals surface area contributed by atoms with Crippen LogP contribution in [0.1, 0.15) is 29.2 Å². The van der Waals surface area contributed by atoms with Crippen molar-refractivity contribution in [1.82, 2.24) is 20.2 Å². The van der Waals surface area contributed by atoms with E-state index in [4.69, 9.17) is 0 Å². The Kier molecular flexibility index (Phi) is 3.62. The molecule has 30 heavy (non-hydrogen) atoms. The standard InChI is InChI=1S/C24H20N6/c1-13-6-11-20-19(12-13)22-23(25-20)26-24(30-28-22)29-27-14(2)17-10-9-16-8-7-15-4-3-5-18(17)21(15)16/h3-6,9-12H,7-8H2,1-2H3,(H2,25,26,29,30)/b27-14-. The number of rotatable bonds is 3. The van der Waals surface area contributed by atoms with Gasteiger partial charge in [-0.15, -0.1) is 10.2 Å². The minimum atomic E-state index is 0.371. The average Bonchev–Trinajstić information content (AvgIpc) is 3.34. The van der Waals surface area contributed by atoms with Crippen molar-refractivity contribution in [1.29, 1.82) is 0 Å². The number of nitrogens with one attached hydrogen (secondary N) is 2. The van der Waals surface area contributed by atoms with Gasteiger partial charge in [-0.05, 0) is 60.7 Å². The number of H-pyrrole nitrogens is 1. The second-order valence-corrected chi connectivity index (χ2v) is 7.93. The van der Waals surface area contributed by atoms with E-state index in [1.54, 1.807) is 0 Å². The SMILES string of the molecule is C/C(=N/Nc1nnc2c(n1)[nH]c1ccc(C)cc12)c1ccc2c3c(cccc13)CC2. The zero-order chi connectivity index (χ0) is 20.2. The number of hydrogen-bond acceptors (Lipinski definition) is 5. The van der Waals surface area contributed by atoms with Gasteiger partial charge in [0.2, 0.25) is 0 Å². The van der Waals surface area contributed by atoms with Gasteiger partial charge in [0.1, 0.15) is 5.52 Å². The third-order valence-corrected chi connectivity index (χ3v) is 5.96. The summed E-state index contributed by atoms with van der Waals surface area (Å²) >= 11 is 0. The van der Waals surface area contributed by atoms with E-state index in [2.05, 4.69) is 80.1 Å². The fourth-order valence-electron chi connectivity index (χ4n) is 4.49. The topological polar surface area (TPSA) is 78.8 Å². The van der Waals surface area contributed by atoms with Crippen molar-refractivity contribution in [2.24, 2.45) is 5.10 Å². The summed E-state index contributed by atoms with van der Waals surface area (Å²) in [6.07, 6.45) is 2.24. The summed E-state index contributed by atoms with van der Waals surface area (Å²) in [5.74, 6) is 0.371. The fourth-order valence-corrected chi connectivity index (χ4v) is 4.49. The van der Waals surface area contributed by atoms with Crippen LogP contribution in [-0.4, -0.2) is 25.9 Å². The lowest BCUT2D eigenvalue weighted by atomic mass is 9.98. The number of benzene rings is 3. The van der Waals surface area contributed by atoms with Crippen LogP contribution in [-0.2, 0) is 12.8 Å². The first-order valence-corrected chi connectivity index (χ1v) is 10.1. The smallest absolute Gasteiger partial charge is 0.265 e. The molecule has 0 bridgehead atoms. The Morgan fingerprint density at radius 3 is 2.77 bits per heavy atom. The van der Waals surface area contributed by atoms with Crippen molar-refractivity contribution in [3.63, 3.8) is 0 Å². The third kappa shape index (κ3) is 2.57. The number of hydrazone groups is 1. The number of aromatic amines is 1. The van der Waals surface area contributed by atoms with E-state index in [1.165, 1.54) is 27.5 Å². The lowest BCUT2D eigenvalue weighted by molar-refractivity contribution is 1.01. The van der Waals surface area contributed by atoms with Gasteiger partial charge in [0.15, 0.2) is 5.65 Å². The molecule has 0 spiro atoms. The van der Waals surface area contributed by atoms with Gasteiger partial charge in [-0.25, -0.2) is 5.43 Å². The Labute approximate surface area is 173 Å². The van der Waals surface area contributed by atoms with Crippen LogP contribution in [0.25, 0.3) is 32.8 Å². The number of hydrogen-bond donors (Lipinski definition) is 2.